The minimum Gasteiger partial charge on any atom is -0.387 e. The molecule has 18 nitrogen and oxygen atoms in total. The second-order valence-corrected chi connectivity index (χ2v) is 9.99. The fraction of sp³-hybridized carbons (Fsp3) is 1.00. The van der Waals surface area contributed by atoms with Crippen LogP contribution in [0.4, 0.5) is 0 Å². The summed E-state index contributed by atoms with van der Waals surface area (Å²) < 4.78 is 60.6. The molecule has 0 amide bonds. The molecule has 22 heteroatoms. The van der Waals surface area contributed by atoms with Crippen LogP contribution >= 0.6 is 31.3 Å². The van der Waals surface area contributed by atoms with Crippen molar-refractivity contribution >= 4 is 31.3 Å². The smallest absolute Gasteiger partial charge is 0.387 e. The molecule has 168 valence electrons. The molecule has 1 saturated carbocycles. The highest BCUT2D eigenvalue weighted by atomic mass is 31.2. The van der Waals surface area contributed by atoms with Crippen molar-refractivity contribution in [1.82, 2.24) is 0 Å². The van der Waals surface area contributed by atoms with E-state index in [2.05, 4.69) is 18.1 Å². The topological polar surface area (TPSA) is 308 Å². The standard InChI is InChI=1S/C6H16O18P4/c7-1-2(8)4(22-26(12,13)14)6(24-28(18,19)20)5(23-27(15,16)17)3(1)21-25(9,10)11/h1-8H,(H2,9,10,11)(H2,12,13,14)(H2,15,16,17)(H2,18,19,20)/t1-,2-,3?,4?,5?,6?/m0/s1. The van der Waals surface area contributed by atoms with Gasteiger partial charge < -0.3 is 49.4 Å². The van der Waals surface area contributed by atoms with Crippen molar-refractivity contribution in [2.45, 2.75) is 36.6 Å². The SMILES string of the molecule is O=P(O)(O)OC1C(OP(=O)(O)O)C(OP(=O)(O)O)[C@@H](O)[C@H](O)C1OP(=O)(O)O. The van der Waals surface area contributed by atoms with Crippen LogP contribution in [0.25, 0.3) is 0 Å². The van der Waals surface area contributed by atoms with E-state index in [0.29, 0.717) is 0 Å². The molecule has 0 radical (unpaired) electrons. The highest BCUT2D eigenvalue weighted by Crippen LogP contribution is 2.52. The van der Waals surface area contributed by atoms with Crippen LogP contribution in [-0.4, -0.2) is 86.0 Å². The van der Waals surface area contributed by atoms with Gasteiger partial charge in [-0.05, 0) is 0 Å². The first-order chi connectivity index (χ1) is 12.2. The van der Waals surface area contributed by atoms with E-state index in [-0.39, 0.29) is 0 Å². The minimum absolute atomic E-state index is 2.60. The number of hydrogen-bond donors (Lipinski definition) is 10. The molecule has 0 saturated heterocycles. The lowest BCUT2D eigenvalue weighted by molar-refractivity contribution is -0.209. The van der Waals surface area contributed by atoms with Gasteiger partial charge >= 0.3 is 31.3 Å². The molecule has 10 N–H and O–H groups in total. The van der Waals surface area contributed by atoms with Crippen molar-refractivity contribution in [3.63, 3.8) is 0 Å². The molecule has 0 bridgehead atoms. The number of phosphoric acid groups is 4. The van der Waals surface area contributed by atoms with Gasteiger partial charge in [0, 0.05) is 0 Å². The van der Waals surface area contributed by atoms with Crippen LogP contribution < -0.4 is 0 Å². The monoisotopic (exact) mass is 500 g/mol. The first-order valence-electron chi connectivity index (χ1n) is 6.52. The Morgan fingerprint density at radius 1 is 0.429 bits per heavy atom. The average molecular weight is 500 g/mol. The molecule has 0 aromatic rings. The van der Waals surface area contributed by atoms with Gasteiger partial charge in [-0.1, -0.05) is 0 Å². The summed E-state index contributed by atoms with van der Waals surface area (Å²) in [7, 11) is -22.5. The van der Waals surface area contributed by atoms with Crippen LogP contribution in [0.5, 0.6) is 0 Å². The van der Waals surface area contributed by atoms with E-state index >= 15 is 0 Å². The van der Waals surface area contributed by atoms with Gasteiger partial charge in [0.2, 0.25) is 0 Å². The van der Waals surface area contributed by atoms with E-state index in [0.717, 1.165) is 0 Å². The normalized spacial score (nSPS) is 33.1. The Balaban J connectivity index is 3.53. The summed E-state index contributed by atoms with van der Waals surface area (Å²) in [5.74, 6) is 0. The maximum Gasteiger partial charge on any atom is 0.470 e. The number of rotatable bonds is 8. The maximum absolute atomic E-state index is 11.1. The van der Waals surface area contributed by atoms with E-state index in [1.807, 2.05) is 0 Å². The largest absolute Gasteiger partial charge is 0.470 e. The fourth-order valence-electron chi connectivity index (χ4n) is 2.27. The molecule has 1 aliphatic rings. The third-order valence-corrected chi connectivity index (χ3v) is 5.10. The van der Waals surface area contributed by atoms with Gasteiger partial charge in [0.05, 0.1) is 0 Å². The van der Waals surface area contributed by atoms with Gasteiger partial charge in [-0.2, -0.15) is 0 Å². The molecule has 0 aliphatic heterocycles. The van der Waals surface area contributed by atoms with E-state index in [1.165, 1.54) is 0 Å². The lowest BCUT2D eigenvalue weighted by Crippen LogP contribution is -2.65. The number of phosphoric ester groups is 4. The third kappa shape index (κ3) is 8.62. The van der Waals surface area contributed by atoms with Crippen molar-refractivity contribution in [2.75, 3.05) is 0 Å². The lowest BCUT2D eigenvalue weighted by atomic mass is 9.85. The average Bonchev–Trinajstić information content (AvgIpc) is 2.39. The molecular weight excluding hydrogens is 484 g/mol. The molecule has 0 aromatic heterocycles. The van der Waals surface area contributed by atoms with E-state index in [4.69, 9.17) is 39.1 Å². The van der Waals surface area contributed by atoms with Crippen LogP contribution in [0.3, 0.4) is 0 Å². The molecule has 28 heavy (non-hydrogen) atoms. The molecule has 0 aromatic carbocycles. The first kappa shape index (κ1) is 26.4. The van der Waals surface area contributed by atoms with E-state index in [9.17, 15) is 28.5 Å². The quantitative estimate of drug-likeness (QED) is 0.145. The Kier molecular flexibility index (Phi) is 8.34. The molecule has 0 heterocycles. The van der Waals surface area contributed by atoms with E-state index < -0.39 is 67.9 Å². The molecule has 1 fully saturated rings. The van der Waals surface area contributed by atoms with Crippen LogP contribution in [0.15, 0.2) is 0 Å². The molecule has 1 rings (SSSR count). The van der Waals surface area contributed by atoms with Crippen molar-refractivity contribution < 1.29 is 85.7 Å². The Hall–Kier alpha value is 0.360. The second-order valence-electron chi connectivity index (χ2n) is 5.22. The molecule has 1 aliphatic carbocycles. The van der Waals surface area contributed by atoms with Crippen molar-refractivity contribution in [1.29, 1.82) is 0 Å². The Labute approximate surface area is 154 Å². The summed E-state index contributed by atoms with van der Waals surface area (Å²) in [6, 6.07) is 0. The lowest BCUT2D eigenvalue weighted by Gasteiger charge is -2.45. The summed E-state index contributed by atoms with van der Waals surface area (Å²) in [4.78, 5) is 71.1. The summed E-state index contributed by atoms with van der Waals surface area (Å²) >= 11 is 0. The highest BCUT2D eigenvalue weighted by molar-refractivity contribution is 7.47. The maximum atomic E-state index is 11.1. The molecular formula is C6H16O18P4. The zero-order valence-corrected chi connectivity index (χ0v) is 16.6. The molecule has 0 spiro atoms. The number of aliphatic hydroxyl groups excluding tert-OH is 2. The number of aliphatic hydroxyl groups is 2. The summed E-state index contributed by atoms with van der Waals surface area (Å²) in [5, 5.41) is 19.8. The fourth-order valence-corrected chi connectivity index (χ4v) is 4.51. The van der Waals surface area contributed by atoms with Crippen LogP contribution in [0.1, 0.15) is 0 Å². The Bertz CT molecular complexity index is 664. The van der Waals surface area contributed by atoms with Gasteiger partial charge in [0.25, 0.3) is 0 Å². The first-order valence-corrected chi connectivity index (χ1v) is 12.6. The summed E-state index contributed by atoms with van der Waals surface area (Å²) in [6.07, 6.45) is -15.9. The summed E-state index contributed by atoms with van der Waals surface area (Å²) in [5.41, 5.74) is 0. The van der Waals surface area contributed by atoms with Crippen LogP contribution in [0, 0.1) is 0 Å². The van der Waals surface area contributed by atoms with Crippen LogP contribution in [-0.2, 0) is 36.4 Å². The van der Waals surface area contributed by atoms with Crippen molar-refractivity contribution in [3.8, 4) is 0 Å². The highest BCUT2D eigenvalue weighted by Gasteiger charge is 2.58. The Morgan fingerprint density at radius 3 is 0.786 bits per heavy atom. The molecule has 4 unspecified atom stereocenters. The minimum atomic E-state index is -5.67. The number of hydrogen-bond acceptors (Lipinski definition) is 10. The second kappa shape index (κ2) is 8.85. The predicted molar refractivity (Wildman–Crippen MR) is 79.7 cm³/mol. The van der Waals surface area contributed by atoms with E-state index in [1.54, 1.807) is 0 Å². The third-order valence-electron chi connectivity index (χ3n) is 3.03. The predicted octanol–water partition coefficient (Wildman–Crippen LogP) is -3.37. The molecule has 6 atom stereocenters. The van der Waals surface area contributed by atoms with Gasteiger partial charge in [0.1, 0.15) is 36.6 Å². The Morgan fingerprint density at radius 2 is 0.607 bits per heavy atom. The van der Waals surface area contributed by atoms with Gasteiger partial charge in [0.15, 0.2) is 0 Å². The van der Waals surface area contributed by atoms with Crippen molar-refractivity contribution in [2.24, 2.45) is 0 Å². The zero-order valence-electron chi connectivity index (χ0n) is 13.0. The van der Waals surface area contributed by atoms with Crippen molar-refractivity contribution in [3.05, 3.63) is 0 Å². The van der Waals surface area contributed by atoms with Gasteiger partial charge in [-0.15, -0.1) is 0 Å². The van der Waals surface area contributed by atoms with Gasteiger partial charge in [-0.25, -0.2) is 18.3 Å². The summed E-state index contributed by atoms with van der Waals surface area (Å²) in [6.45, 7) is 0. The van der Waals surface area contributed by atoms with Crippen LogP contribution in [0.2, 0.25) is 0 Å². The zero-order chi connectivity index (χ0) is 22.3. The van der Waals surface area contributed by atoms with Gasteiger partial charge in [-0.3, -0.25) is 18.1 Å².